The summed E-state index contributed by atoms with van der Waals surface area (Å²) in [6.07, 6.45) is 2.96. The van der Waals surface area contributed by atoms with Crippen molar-refractivity contribution in [2.24, 2.45) is 0 Å². The van der Waals surface area contributed by atoms with Gasteiger partial charge in [-0.15, -0.1) is 0 Å². The van der Waals surface area contributed by atoms with Crippen LogP contribution in [0.15, 0.2) is 34.7 Å². The van der Waals surface area contributed by atoms with Gasteiger partial charge in [-0.1, -0.05) is 18.2 Å². The molecule has 0 radical (unpaired) electrons. The summed E-state index contributed by atoms with van der Waals surface area (Å²) < 4.78 is 5.82. The number of imide groups is 1. The van der Waals surface area contributed by atoms with E-state index < -0.39 is 17.5 Å². The van der Waals surface area contributed by atoms with E-state index in [2.05, 4.69) is 5.32 Å². The quantitative estimate of drug-likeness (QED) is 0.826. The molecule has 4 amide bonds. The molecule has 1 aromatic heterocycles. The lowest BCUT2D eigenvalue weighted by Gasteiger charge is -2.39. The molecule has 3 atom stereocenters. The molecule has 0 aliphatic carbocycles. The molecule has 2 saturated heterocycles. The van der Waals surface area contributed by atoms with Gasteiger partial charge in [-0.25, -0.2) is 4.79 Å². The Kier molecular flexibility index (Phi) is 4.40. The zero-order chi connectivity index (χ0) is 20.1. The van der Waals surface area contributed by atoms with Crippen LogP contribution in [-0.4, -0.2) is 46.3 Å². The Labute approximate surface area is 163 Å². The first-order valence-corrected chi connectivity index (χ1v) is 9.75. The van der Waals surface area contributed by atoms with Crippen molar-refractivity contribution in [3.63, 3.8) is 0 Å². The minimum absolute atomic E-state index is 0.110. The number of carbonyl (C=O) groups excluding carboxylic acids is 3. The maximum atomic E-state index is 13.1. The molecular weight excluding hydrogens is 358 g/mol. The van der Waals surface area contributed by atoms with E-state index in [9.17, 15) is 14.4 Å². The zero-order valence-corrected chi connectivity index (χ0v) is 16.4. The van der Waals surface area contributed by atoms with Crippen LogP contribution in [0.3, 0.4) is 0 Å². The van der Waals surface area contributed by atoms with E-state index in [1.807, 2.05) is 38.1 Å². The fourth-order valence-electron chi connectivity index (χ4n) is 4.37. The highest BCUT2D eigenvalue weighted by Gasteiger charge is 2.52. The summed E-state index contributed by atoms with van der Waals surface area (Å²) in [7, 11) is 0. The van der Waals surface area contributed by atoms with Gasteiger partial charge in [-0.3, -0.25) is 14.5 Å². The minimum atomic E-state index is -1.32. The molecule has 7 heteroatoms. The second kappa shape index (κ2) is 6.65. The van der Waals surface area contributed by atoms with E-state index >= 15 is 0 Å². The zero-order valence-electron chi connectivity index (χ0n) is 16.4. The summed E-state index contributed by atoms with van der Waals surface area (Å²) >= 11 is 0. The molecule has 0 saturated carbocycles. The maximum absolute atomic E-state index is 13.1. The molecule has 3 heterocycles. The Balaban J connectivity index is 1.57. The Bertz CT molecular complexity index is 909. The lowest BCUT2D eigenvalue weighted by atomic mass is 9.97. The van der Waals surface area contributed by atoms with Gasteiger partial charge >= 0.3 is 6.03 Å². The number of amides is 4. The van der Waals surface area contributed by atoms with Gasteiger partial charge in [0.05, 0.1) is 0 Å². The fraction of sp³-hybridized carbons (Fsp3) is 0.476. The number of furan rings is 1. The van der Waals surface area contributed by atoms with Crippen LogP contribution in [0.5, 0.6) is 0 Å². The molecular formula is C21H25N3O4. The van der Waals surface area contributed by atoms with Gasteiger partial charge in [0.1, 0.15) is 17.9 Å². The predicted molar refractivity (Wildman–Crippen MR) is 103 cm³/mol. The Morgan fingerprint density at radius 2 is 1.89 bits per heavy atom. The second-order valence-electron chi connectivity index (χ2n) is 8.02. The molecule has 28 heavy (non-hydrogen) atoms. The number of rotatable bonds is 3. The van der Waals surface area contributed by atoms with Gasteiger partial charge < -0.3 is 14.6 Å². The average Bonchev–Trinajstić information content (AvgIpc) is 3.18. The van der Waals surface area contributed by atoms with Crippen molar-refractivity contribution in [3.8, 4) is 0 Å². The number of carbonyl (C=O) groups is 3. The van der Waals surface area contributed by atoms with Crippen LogP contribution in [0.2, 0.25) is 0 Å². The Hall–Kier alpha value is -2.83. The van der Waals surface area contributed by atoms with Gasteiger partial charge in [0.2, 0.25) is 5.91 Å². The molecule has 0 spiro atoms. The third-order valence-corrected chi connectivity index (χ3v) is 5.97. The molecule has 2 aromatic rings. The molecule has 1 aromatic carbocycles. The van der Waals surface area contributed by atoms with Gasteiger partial charge in [0.15, 0.2) is 5.54 Å². The van der Waals surface area contributed by atoms with Crippen molar-refractivity contribution < 1.29 is 18.8 Å². The molecule has 1 N–H and O–H groups in total. The molecule has 2 fully saturated rings. The standard InChI is InChI=1S/C21H25N3O4/c1-13-7-6-8-14(2)24(13)18(25)12-23-19(26)21(3,22-20(23)27)17-11-15-9-4-5-10-16(15)28-17/h4-5,9-11,13-14H,6-8,12H2,1-3H3,(H,22,27)/t13-,14+,21-/m0/s1. The molecule has 7 nitrogen and oxygen atoms in total. The Morgan fingerprint density at radius 3 is 2.57 bits per heavy atom. The molecule has 4 rings (SSSR count). The fourth-order valence-corrected chi connectivity index (χ4v) is 4.37. The van der Waals surface area contributed by atoms with Gasteiger partial charge in [0, 0.05) is 17.5 Å². The van der Waals surface area contributed by atoms with Crippen LogP contribution in [-0.2, 0) is 15.1 Å². The highest BCUT2D eigenvalue weighted by atomic mass is 16.3. The summed E-state index contributed by atoms with van der Waals surface area (Å²) in [6.45, 7) is 5.38. The van der Waals surface area contributed by atoms with Gasteiger partial charge in [-0.05, 0) is 52.2 Å². The summed E-state index contributed by atoms with van der Waals surface area (Å²) in [6, 6.07) is 8.82. The number of fused-ring (bicyclic) bond motifs is 1. The van der Waals surface area contributed by atoms with Gasteiger partial charge in [-0.2, -0.15) is 0 Å². The monoisotopic (exact) mass is 383 g/mol. The Morgan fingerprint density at radius 1 is 1.21 bits per heavy atom. The average molecular weight is 383 g/mol. The summed E-state index contributed by atoms with van der Waals surface area (Å²) in [5, 5.41) is 3.56. The van der Waals surface area contributed by atoms with E-state index in [4.69, 9.17) is 4.42 Å². The van der Waals surface area contributed by atoms with E-state index in [-0.39, 0.29) is 24.5 Å². The smallest absolute Gasteiger partial charge is 0.325 e. The molecule has 0 unspecified atom stereocenters. The predicted octanol–water partition coefficient (Wildman–Crippen LogP) is 2.99. The van der Waals surface area contributed by atoms with E-state index in [0.717, 1.165) is 29.5 Å². The van der Waals surface area contributed by atoms with Crippen LogP contribution >= 0.6 is 0 Å². The number of piperidine rings is 1. The van der Waals surface area contributed by atoms with Crippen molar-refractivity contribution in [2.45, 2.75) is 57.7 Å². The van der Waals surface area contributed by atoms with E-state index in [1.165, 1.54) is 0 Å². The van der Waals surface area contributed by atoms with Crippen molar-refractivity contribution in [3.05, 3.63) is 36.1 Å². The molecule has 2 aliphatic rings. The normalized spacial score (nSPS) is 28.1. The molecule has 0 bridgehead atoms. The van der Waals surface area contributed by atoms with Crippen LogP contribution in [0.25, 0.3) is 11.0 Å². The lowest BCUT2D eigenvalue weighted by molar-refractivity contribution is -0.142. The highest BCUT2D eigenvalue weighted by Crippen LogP contribution is 2.33. The number of nitrogens with zero attached hydrogens (tertiary/aromatic N) is 2. The van der Waals surface area contributed by atoms with Crippen molar-refractivity contribution in [1.29, 1.82) is 0 Å². The number of likely N-dealkylation sites (tertiary alicyclic amines) is 1. The summed E-state index contributed by atoms with van der Waals surface area (Å²) in [5.41, 5.74) is -0.679. The number of para-hydroxylation sites is 1. The topological polar surface area (TPSA) is 82.9 Å². The van der Waals surface area contributed by atoms with Gasteiger partial charge in [0.25, 0.3) is 5.91 Å². The molecule has 2 aliphatic heterocycles. The second-order valence-corrected chi connectivity index (χ2v) is 8.02. The van der Waals surface area contributed by atoms with E-state index in [0.29, 0.717) is 11.3 Å². The van der Waals surface area contributed by atoms with Crippen molar-refractivity contribution >= 4 is 28.8 Å². The first-order chi connectivity index (χ1) is 13.3. The summed E-state index contributed by atoms with van der Waals surface area (Å²) in [4.78, 5) is 41.4. The number of nitrogens with one attached hydrogen (secondary N) is 1. The number of benzene rings is 1. The molecule has 148 valence electrons. The van der Waals surface area contributed by atoms with Crippen LogP contribution < -0.4 is 5.32 Å². The largest absolute Gasteiger partial charge is 0.458 e. The lowest BCUT2D eigenvalue weighted by Crippen LogP contribution is -2.52. The van der Waals surface area contributed by atoms with Crippen LogP contribution in [0.1, 0.15) is 45.8 Å². The maximum Gasteiger partial charge on any atom is 0.325 e. The SMILES string of the molecule is C[C@@H]1CCC[C@H](C)N1C(=O)CN1C(=O)N[C@@](C)(c2cc3ccccc3o2)C1=O. The number of hydrogen-bond donors (Lipinski definition) is 1. The van der Waals surface area contributed by atoms with Crippen molar-refractivity contribution in [1.82, 2.24) is 15.1 Å². The third kappa shape index (κ3) is 2.85. The first kappa shape index (κ1) is 18.5. The van der Waals surface area contributed by atoms with E-state index in [1.54, 1.807) is 17.9 Å². The first-order valence-electron chi connectivity index (χ1n) is 9.75. The number of urea groups is 1. The van der Waals surface area contributed by atoms with Crippen LogP contribution in [0, 0.1) is 0 Å². The summed E-state index contributed by atoms with van der Waals surface area (Å²) in [5.74, 6) is -0.305. The van der Waals surface area contributed by atoms with Crippen molar-refractivity contribution in [2.75, 3.05) is 6.54 Å². The van der Waals surface area contributed by atoms with Crippen LogP contribution in [0.4, 0.5) is 4.79 Å². The highest BCUT2D eigenvalue weighted by molar-refractivity contribution is 6.09. The number of hydrogen-bond acceptors (Lipinski definition) is 4. The minimum Gasteiger partial charge on any atom is -0.458 e. The third-order valence-electron chi connectivity index (χ3n) is 5.97.